The van der Waals surface area contributed by atoms with E-state index in [1.165, 1.54) is 4.31 Å². The van der Waals surface area contributed by atoms with Gasteiger partial charge in [0.2, 0.25) is 10.0 Å². The number of carboxylic acids is 1. The Kier molecular flexibility index (Phi) is 7.36. The molecular weight excluding hydrogens is 462 g/mol. The number of halogens is 1. The first kappa shape index (κ1) is 25.0. The lowest BCUT2D eigenvalue weighted by molar-refractivity contribution is -0.131. The Hall–Kier alpha value is -2.61. The fraction of sp³-hybridized carbons (Fsp3) is 0.320. The van der Waals surface area contributed by atoms with E-state index >= 15 is 0 Å². The molecule has 0 aromatic heterocycles. The van der Waals surface area contributed by atoms with Crippen molar-refractivity contribution in [3.05, 3.63) is 88.7 Å². The van der Waals surface area contributed by atoms with E-state index in [-0.39, 0.29) is 11.5 Å². The van der Waals surface area contributed by atoms with Crippen LogP contribution in [0.2, 0.25) is 5.02 Å². The largest absolute Gasteiger partial charge is 0.497 e. The third-order valence-corrected chi connectivity index (χ3v) is 7.79. The predicted molar refractivity (Wildman–Crippen MR) is 128 cm³/mol. The van der Waals surface area contributed by atoms with Gasteiger partial charge in [-0.05, 0) is 47.2 Å². The smallest absolute Gasteiger partial charge is 0.331 e. The van der Waals surface area contributed by atoms with Gasteiger partial charge in [0, 0.05) is 11.1 Å². The average Bonchev–Trinajstić information content (AvgIpc) is 3.13. The van der Waals surface area contributed by atoms with Crippen molar-refractivity contribution in [1.82, 2.24) is 4.31 Å². The minimum absolute atomic E-state index is 0.0451. The molecule has 2 aromatic carbocycles. The zero-order valence-corrected chi connectivity index (χ0v) is 20.6. The minimum atomic E-state index is -3.91. The van der Waals surface area contributed by atoms with E-state index in [1.54, 1.807) is 49.4 Å². The molecule has 1 aliphatic heterocycles. The molecule has 2 atom stereocenters. The maximum Gasteiger partial charge on any atom is 0.331 e. The molecule has 3 rings (SSSR count). The Morgan fingerprint density at radius 2 is 1.79 bits per heavy atom. The van der Waals surface area contributed by atoms with Crippen LogP contribution in [-0.4, -0.2) is 36.4 Å². The summed E-state index contributed by atoms with van der Waals surface area (Å²) in [4.78, 5) is 11.0. The summed E-state index contributed by atoms with van der Waals surface area (Å²) in [7, 11) is -3.91. The van der Waals surface area contributed by atoms with E-state index in [0.29, 0.717) is 10.6 Å². The zero-order chi connectivity index (χ0) is 24.4. The molecule has 2 unspecified atom stereocenters. The van der Waals surface area contributed by atoms with E-state index in [0.717, 1.165) is 23.5 Å². The van der Waals surface area contributed by atoms with Crippen LogP contribution in [0.15, 0.2) is 77.4 Å². The van der Waals surface area contributed by atoms with Crippen LogP contribution in [0.25, 0.3) is 0 Å². The monoisotopic (exact) mass is 489 g/mol. The van der Waals surface area contributed by atoms with Crippen LogP contribution in [0, 0.1) is 12.3 Å². The maximum absolute atomic E-state index is 14.1. The molecule has 6 nitrogen and oxygen atoms in total. The molecule has 1 heterocycles. The quantitative estimate of drug-likeness (QED) is 0.322. The highest BCUT2D eigenvalue weighted by atomic mass is 35.5. The van der Waals surface area contributed by atoms with Crippen LogP contribution in [0.1, 0.15) is 37.9 Å². The predicted octanol–water partition coefficient (Wildman–Crippen LogP) is 5.35. The summed E-state index contributed by atoms with van der Waals surface area (Å²) in [5, 5.41) is 9.37. The number of aryl methyl sites for hydroxylation is 1. The number of hydrogen-bond donors (Lipinski definition) is 1. The molecule has 0 radical (unpaired) electrons. The van der Waals surface area contributed by atoms with Crippen molar-refractivity contribution in [2.24, 2.45) is 5.41 Å². The van der Waals surface area contributed by atoms with Crippen molar-refractivity contribution in [2.45, 2.75) is 44.7 Å². The molecule has 0 spiro atoms. The minimum Gasteiger partial charge on any atom is -0.497 e. The zero-order valence-electron chi connectivity index (χ0n) is 19.0. The SMILES string of the molecule is Cc1ccccc1S(=O)(=O)N1C(c2ccc(Cl)cc2)C(COC=CC(=O)O)=CC1C(C)(C)C. The van der Waals surface area contributed by atoms with Gasteiger partial charge in [0.15, 0.2) is 0 Å². The van der Waals surface area contributed by atoms with E-state index in [4.69, 9.17) is 21.4 Å². The second-order valence-corrected chi connectivity index (χ2v) is 11.3. The number of benzene rings is 2. The summed E-state index contributed by atoms with van der Waals surface area (Å²) in [6, 6.07) is 12.9. The normalized spacial score (nSPS) is 19.6. The lowest BCUT2D eigenvalue weighted by atomic mass is 9.87. The first-order chi connectivity index (χ1) is 15.4. The third kappa shape index (κ3) is 5.49. The summed E-state index contributed by atoms with van der Waals surface area (Å²) >= 11 is 6.10. The molecule has 8 heteroatoms. The Morgan fingerprint density at radius 1 is 1.15 bits per heavy atom. The standard InChI is InChI=1S/C25H28ClNO5S/c1-17-7-5-6-8-21(17)33(30,31)27-22(25(2,3)4)15-19(16-32-14-13-23(28)29)24(27)18-9-11-20(26)12-10-18/h5-15,22,24H,16H2,1-4H3,(H,28,29). The summed E-state index contributed by atoms with van der Waals surface area (Å²) in [5.41, 5.74) is 1.72. The summed E-state index contributed by atoms with van der Waals surface area (Å²) in [6.07, 6.45) is 3.92. The fourth-order valence-electron chi connectivity index (χ4n) is 3.95. The number of nitrogens with zero attached hydrogens (tertiary/aromatic N) is 1. The number of ether oxygens (including phenoxy) is 1. The molecule has 0 saturated heterocycles. The molecule has 0 bridgehead atoms. The van der Waals surface area contributed by atoms with Gasteiger partial charge in [0.05, 0.1) is 23.3 Å². The Bertz CT molecular complexity index is 1180. The van der Waals surface area contributed by atoms with Crippen molar-refractivity contribution in [3.8, 4) is 0 Å². The highest BCUT2D eigenvalue weighted by Gasteiger charge is 2.48. The van der Waals surface area contributed by atoms with Crippen molar-refractivity contribution >= 4 is 27.6 Å². The molecule has 0 fully saturated rings. The average molecular weight is 490 g/mol. The summed E-state index contributed by atoms with van der Waals surface area (Å²) < 4.78 is 35.1. The third-order valence-electron chi connectivity index (χ3n) is 5.53. The van der Waals surface area contributed by atoms with Crippen LogP contribution in [-0.2, 0) is 19.6 Å². The van der Waals surface area contributed by atoms with E-state index in [2.05, 4.69) is 0 Å². The van der Waals surface area contributed by atoms with Crippen molar-refractivity contribution < 1.29 is 23.1 Å². The van der Waals surface area contributed by atoms with Gasteiger partial charge in [-0.2, -0.15) is 4.31 Å². The number of rotatable bonds is 7. The number of hydrogen-bond acceptors (Lipinski definition) is 4. The highest BCUT2D eigenvalue weighted by molar-refractivity contribution is 7.89. The van der Waals surface area contributed by atoms with Gasteiger partial charge in [-0.25, -0.2) is 13.2 Å². The second-order valence-electron chi connectivity index (χ2n) is 9.06. The highest BCUT2D eigenvalue weighted by Crippen LogP contribution is 2.46. The lowest BCUT2D eigenvalue weighted by Crippen LogP contribution is -2.45. The Labute approximate surface area is 200 Å². The lowest BCUT2D eigenvalue weighted by Gasteiger charge is -2.37. The van der Waals surface area contributed by atoms with Crippen LogP contribution in [0.4, 0.5) is 0 Å². The van der Waals surface area contributed by atoms with Gasteiger partial charge in [0.1, 0.15) is 6.61 Å². The maximum atomic E-state index is 14.1. The van der Waals surface area contributed by atoms with Crippen LogP contribution < -0.4 is 0 Å². The van der Waals surface area contributed by atoms with Gasteiger partial charge in [0.25, 0.3) is 0 Å². The molecule has 1 N–H and O–H groups in total. The number of aliphatic carboxylic acids is 1. The van der Waals surface area contributed by atoms with Gasteiger partial charge in [-0.15, -0.1) is 0 Å². The van der Waals surface area contributed by atoms with Crippen molar-refractivity contribution in [1.29, 1.82) is 0 Å². The molecule has 0 amide bonds. The summed E-state index contributed by atoms with van der Waals surface area (Å²) in [6.45, 7) is 7.79. The molecule has 1 aliphatic rings. The van der Waals surface area contributed by atoms with Crippen molar-refractivity contribution in [2.75, 3.05) is 6.61 Å². The summed E-state index contributed by atoms with van der Waals surface area (Å²) in [5.74, 6) is -1.12. The Morgan fingerprint density at radius 3 is 2.36 bits per heavy atom. The second kappa shape index (κ2) is 9.71. The topological polar surface area (TPSA) is 83.9 Å². The van der Waals surface area contributed by atoms with Gasteiger partial charge >= 0.3 is 5.97 Å². The number of carbonyl (C=O) groups is 1. The first-order valence-corrected chi connectivity index (χ1v) is 12.3. The van der Waals surface area contributed by atoms with E-state index in [1.807, 2.05) is 32.9 Å². The van der Waals surface area contributed by atoms with E-state index < -0.39 is 33.5 Å². The van der Waals surface area contributed by atoms with Crippen LogP contribution in [0.5, 0.6) is 0 Å². The van der Waals surface area contributed by atoms with E-state index in [9.17, 15) is 13.2 Å². The van der Waals surface area contributed by atoms with Crippen molar-refractivity contribution in [3.63, 3.8) is 0 Å². The molecule has 0 saturated carbocycles. The number of sulfonamides is 1. The molecule has 176 valence electrons. The van der Waals surface area contributed by atoms with Gasteiger partial charge in [-0.3, -0.25) is 0 Å². The molecule has 0 aliphatic carbocycles. The van der Waals surface area contributed by atoms with Gasteiger partial charge in [-0.1, -0.05) is 68.8 Å². The van der Waals surface area contributed by atoms with Gasteiger partial charge < -0.3 is 9.84 Å². The molecular formula is C25H28ClNO5S. The van der Waals surface area contributed by atoms with Crippen LogP contribution in [0.3, 0.4) is 0 Å². The fourth-order valence-corrected chi connectivity index (χ4v) is 6.24. The first-order valence-electron chi connectivity index (χ1n) is 10.5. The number of carboxylic acid groups (broad SMARTS) is 1. The van der Waals surface area contributed by atoms with Crippen LogP contribution >= 0.6 is 11.6 Å². The molecule has 33 heavy (non-hydrogen) atoms. The Balaban J connectivity index is 2.15. The molecule has 2 aromatic rings.